The highest BCUT2D eigenvalue weighted by Gasteiger charge is 2.20. The van der Waals surface area contributed by atoms with Crippen molar-refractivity contribution in [2.24, 2.45) is 0 Å². The number of halogens is 1. The average Bonchev–Trinajstić information content (AvgIpc) is 3.48. The fourth-order valence-electron chi connectivity index (χ4n) is 4.07. The van der Waals surface area contributed by atoms with Crippen LogP contribution in [0.2, 0.25) is 0 Å². The number of anilines is 1. The number of hydrogen-bond donors (Lipinski definition) is 1. The van der Waals surface area contributed by atoms with E-state index in [1.807, 2.05) is 28.8 Å². The summed E-state index contributed by atoms with van der Waals surface area (Å²) in [5, 5.41) is 19.8. The van der Waals surface area contributed by atoms with Crippen molar-refractivity contribution in [3.63, 3.8) is 0 Å². The summed E-state index contributed by atoms with van der Waals surface area (Å²) in [5.74, 6) is 0.329. The number of hydrogen-bond acceptors (Lipinski definition) is 7. The van der Waals surface area contributed by atoms with Gasteiger partial charge in [-0.2, -0.15) is 14.7 Å². The molecule has 1 saturated heterocycles. The fourth-order valence-corrected chi connectivity index (χ4v) is 4.07. The molecule has 9 nitrogen and oxygen atoms in total. The Kier molecular flexibility index (Phi) is 4.92. The van der Waals surface area contributed by atoms with Crippen LogP contribution in [0.15, 0.2) is 67.0 Å². The molecule has 1 aliphatic heterocycles. The molecular weight excluding hydrogens is 437 g/mol. The molecule has 1 fully saturated rings. The Morgan fingerprint density at radius 1 is 0.882 bits per heavy atom. The molecule has 170 valence electrons. The maximum Gasteiger partial charge on any atom is 0.214 e. The van der Waals surface area contributed by atoms with Crippen molar-refractivity contribution in [1.29, 1.82) is 0 Å². The molecule has 0 saturated carbocycles. The molecule has 0 unspecified atom stereocenters. The van der Waals surface area contributed by atoms with Gasteiger partial charge in [-0.25, -0.2) is 14.1 Å². The minimum Gasteiger partial charge on any atom is -0.493 e. The first kappa shape index (κ1) is 20.3. The van der Waals surface area contributed by atoms with E-state index in [0.717, 1.165) is 17.1 Å². The van der Waals surface area contributed by atoms with E-state index >= 15 is 0 Å². The van der Waals surface area contributed by atoms with Crippen LogP contribution in [0.25, 0.3) is 34.0 Å². The van der Waals surface area contributed by atoms with Gasteiger partial charge in [0.05, 0.1) is 30.3 Å². The second-order valence-electron chi connectivity index (χ2n) is 7.91. The van der Waals surface area contributed by atoms with E-state index in [-0.39, 0.29) is 5.88 Å². The maximum atomic E-state index is 13.7. The highest BCUT2D eigenvalue weighted by atomic mass is 19.1. The van der Waals surface area contributed by atoms with E-state index < -0.39 is 5.82 Å². The summed E-state index contributed by atoms with van der Waals surface area (Å²) in [7, 11) is 0. The van der Waals surface area contributed by atoms with E-state index in [9.17, 15) is 9.50 Å². The molecule has 4 aromatic heterocycles. The molecule has 34 heavy (non-hydrogen) atoms. The summed E-state index contributed by atoms with van der Waals surface area (Å²) >= 11 is 0. The lowest BCUT2D eigenvalue weighted by Crippen LogP contribution is -2.37. The molecule has 1 aromatic carbocycles. The number of aromatic hydroxyl groups is 1. The third-order valence-electron chi connectivity index (χ3n) is 5.73. The first-order valence-corrected chi connectivity index (χ1v) is 10.8. The second-order valence-corrected chi connectivity index (χ2v) is 7.91. The van der Waals surface area contributed by atoms with Crippen molar-refractivity contribution >= 4 is 11.5 Å². The zero-order valence-corrected chi connectivity index (χ0v) is 18.0. The normalized spacial score (nSPS) is 14.1. The molecule has 5 aromatic rings. The van der Waals surface area contributed by atoms with Crippen molar-refractivity contribution in [2.45, 2.75) is 0 Å². The number of pyridine rings is 1. The lowest BCUT2D eigenvalue weighted by atomic mass is 10.2. The van der Waals surface area contributed by atoms with Gasteiger partial charge in [-0.3, -0.25) is 4.98 Å². The smallest absolute Gasteiger partial charge is 0.214 e. The summed E-state index contributed by atoms with van der Waals surface area (Å²) < 4.78 is 22.4. The minimum atomic E-state index is -0.411. The van der Waals surface area contributed by atoms with Crippen LogP contribution in [0, 0.1) is 5.82 Å². The zero-order chi connectivity index (χ0) is 23.1. The highest BCUT2D eigenvalue weighted by Crippen LogP contribution is 2.30. The molecule has 0 aliphatic carbocycles. The minimum absolute atomic E-state index is 0.110. The Morgan fingerprint density at radius 3 is 2.50 bits per heavy atom. The molecular formula is C24H20FN7O2. The Hall–Kier alpha value is -4.31. The number of rotatable bonds is 4. The summed E-state index contributed by atoms with van der Waals surface area (Å²) in [5.41, 5.74) is 3.80. The number of morpholine rings is 1. The van der Waals surface area contributed by atoms with E-state index in [1.54, 1.807) is 24.5 Å². The van der Waals surface area contributed by atoms with Crippen LogP contribution < -0.4 is 4.90 Å². The van der Waals surface area contributed by atoms with Crippen LogP contribution in [0.4, 0.5) is 10.2 Å². The van der Waals surface area contributed by atoms with Crippen LogP contribution >= 0.6 is 0 Å². The van der Waals surface area contributed by atoms with Gasteiger partial charge in [0.15, 0.2) is 5.65 Å². The van der Waals surface area contributed by atoms with Gasteiger partial charge in [0.25, 0.3) is 0 Å². The van der Waals surface area contributed by atoms with Gasteiger partial charge in [0.1, 0.15) is 17.3 Å². The summed E-state index contributed by atoms with van der Waals surface area (Å²) in [6.45, 7) is 2.66. The van der Waals surface area contributed by atoms with Crippen molar-refractivity contribution < 1.29 is 14.2 Å². The number of fused-ring (bicyclic) bond motifs is 1. The zero-order valence-electron chi connectivity index (χ0n) is 18.0. The topological polar surface area (TPSA) is 93.6 Å². The molecule has 0 spiro atoms. The number of nitrogens with zero attached hydrogens (tertiary/aromatic N) is 7. The van der Waals surface area contributed by atoms with Crippen LogP contribution in [-0.4, -0.2) is 60.8 Å². The summed E-state index contributed by atoms with van der Waals surface area (Å²) in [4.78, 5) is 11.0. The second kappa shape index (κ2) is 8.23. The highest BCUT2D eigenvalue weighted by molar-refractivity contribution is 5.70. The predicted molar refractivity (Wildman–Crippen MR) is 123 cm³/mol. The first-order chi connectivity index (χ1) is 16.7. The Bertz CT molecular complexity index is 1480. The third-order valence-corrected chi connectivity index (χ3v) is 5.73. The molecule has 0 amide bonds. The predicted octanol–water partition coefficient (Wildman–Crippen LogP) is 3.33. The molecule has 0 atom stereocenters. The van der Waals surface area contributed by atoms with E-state index in [1.165, 1.54) is 22.9 Å². The van der Waals surface area contributed by atoms with Crippen molar-refractivity contribution in [1.82, 2.24) is 29.4 Å². The van der Waals surface area contributed by atoms with E-state index in [0.29, 0.717) is 49.0 Å². The van der Waals surface area contributed by atoms with Gasteiger partial charge >= 0.3 is 0 Å². The largest absolute Gasteiger partial charge is 0.493 e. The van der Waals surface area contributed by atoms with Crippen molar-refractivity contribution in [3.8, 4) is 34.2 Å². The first-order valence-electron chi connectivity index (χ1n) is 10.8. The van der Waals surface area contributed by atoms with Gasteiger partial charge in [0.2, 0.25) is 5.88 Å². The van der Waals surface area contributed by atoms with Crippen LogP contribution in [0.1, 0.15) is 0 Å². The molecule has 10 heteroatoms. The van der Waals surface area contributed by atoms with Crippen LogP contribution in [0.5, 0.6) is 5.88 Å². The monoisotopic (exact) mass is 457 g/mol. The standard InChI is InChI=1S/C24H20FN7O2/c25-17-2-1-3-18(12-17)31-24(33)15-21(29-31)20-14-23(30-8-10-34-11-9-30)32-22(27-20)13-19(28-32)16-4-6-26-7-5-16/h1-7,12-15,33H,8-11H2. The molecule has 6 rings (SSSR count). The van der Waals surface area contributed by atoms with Gasteiger partial charge in [-0.1, -0.05) is 6.07 Å². The molecule has 1 N–H and O–H groups in total. The van der Waals surface area contributed by atoms with Gasteiger partial charge in [-0.05, 0) is 30.3 Å². The summed E-state index contributed by atoms with van der Waals surface area (Å²) in [6, 6.07) is 15.0. The lowest BCUT2D eigenvalue weighted by molar-refractivity contribution is 0.122. The quantitative estimate of drug-likeness (QED) is 0.442. The SMILES string of the molecule is Oc1cc(-c2cc(N3CCOCC3)n3nc(-c4ccncc4)cc3n2)nn1-c1cccc(F)c1. The Balaban J connectivity index is 1.49. The number of ether oxygens (including phenoxy) is 1. The Morgan fingerprint density at radius 2 is 1.71 bits per heavy atom. The van der Waals surface area contributed by atoms with Gasteiger partial charge < -0.3 is 14.7 Å². The van der Waals surface area contributed by atoms with Gasteiger partial charge in [0, 0.05) is 49.2 Å². The molecule has 5 heterocycles. The summed E-state index contributed by atoms with van der Waals surface area (Å²) in [6.07, 6.45) is 3.45. The van der Waals surface area contributed by atoms with Crippen LogP contribution in [0.3, 0.4) is 0 Å². The van der Waals surface area contributed by atoms with E-state index in [2.05, 4.69) is 15.0 Å². The van der Waals surface area contributed by atoms with Crippen molar-refractivity contribution in [3.05, 3.63) is 72.8 Å². The Labute approximate surface area is 193 Å². The average molecular weight is 457 g/mol. The number of aromatic nitrogens is 6. The maximum absolute atomic E-state index is 13.7. The number of benzene rings is 1. The fraction of sp³-hybridized carbons (Fsp3) is 0.167. The van der Waals surface area contributed by atoms with E-state index in [4.69, 9.17) is 14.8 Å². The molecule has 1 aliphatic rings. The lowest BCUT2D eigenvalue weighted by Gasteiger charge is -2.29. The molecule has 0 radical (unpaired) electrons. The van der Waals surface area contributed by atoms with Gasteiger partial charge in [-0.15, -0.1) is 0 Å². The van der Waals surface area contributed by atoms with Crippen LogP contribution in [-0.2, 0) is 4.74 Å². The molecule has 0 bridgehead atoms. The van der Waals surface area contributed by atoms with Crippen molar-refractivity contribution in [2.75, 3.05) is 31.2 Å². The third kappa shape index (κ3) is 3.63.